The Labute approximate surface area is 236 Å². The predicted molar refractivity (Wildman–Crippen MR) is 158 cm³/mol. The predicted octanol–water partition coefficient (Wildman–Crippen LogP) is 7.58. The molecule has 0 radical (unpaired) electrons. The molecule has 6 heteroatoms. The molecule has 3 aromatic carbocycles. The van der Waals surface area contributed by atoms with Gasteiger partial charge in [-0.1, -0.05) is 55.8 Å². The summed E-state index contributed by atoms with van der Waals surface area (Å²) in [6.45, 7) is 6.52. The number of benzene rings is 3. The average Bonchev–Trinajstić information content (AvgIpc) is 3.54. The van der Waals surface area contributed by atoms with E-state index < -0.39 is 5.97 Å². The van der Waals surface area contributed by atoms with Crippen molar-refractivity contribution in [1.82, 2.24) is 4.98 Å². The van der Waals surface area contributed by atoms with Gasteiger partial charge in [-0.3, -0.25) is 4.79 Å². The summed E-state index contributed by atoms with van der Waals surface area (Å²) < 4.78 is 12.2. The molecule has 5 rings (SSSR count). The first-order chi connectivity index (χ1) is 19.5. The Morgan fingerprint density at radius 3 is 2.75 bits per heavy atom. The minimum atomic E-state index is -0.742. The second kappa shape index (κ2) is 12.9. The van der Waals surface area contributed by atoms with Gasteiger partial charge in [0.1, 0.15) is 11.5 Å². The van der Waals surface area contributed by atoms with Crippen LogP contribution < -0.4 is 9.64 Å². The number of aromatic nitrogens is 1. The first-order valence-electron chi connectivity index (χ1n) is 14.3. The van der Waals surface area contributed by atoms with Crippen molar-refractivity contribution >= 4 is 11.7 Å². The molecular formula is C34H38N2O4. The van der Waals surface area contributed by atoms with Crippen LogP contribution in [-0.2, 0) is 24.2 Å². The van der Waals surface area contributed by atoms with Crippen molar-refractivity contribution in [3.05, 3.63) is 101 Å². The van der Waals surface area contributed by atoms with Crippen LogP contribution in [0.4, 0.5) is 5.69 Å². The van der Waals surface area contributed by atoms with Gasteiger partial charge in [0.2, 0.25) is 5.89 Å². The van der Waals surface area contributed by atoms with Gasteiger partial charge in [0.15, 0.2) is 0 Å². The van der Waals surface area contributed by atoms with Gasteiger partial charge >= 0.3 is 5.97 Å². The van der Waals surface area contributed by atoms with Crippen molar-refractivity contribution in [3.8, 4) is 17.2 Å². The molecule has 0 amide bonds. The topological polar surface area (TPSA) is 75.8 Å². The Kier molecular flexibility index (Phi) is 8.84. The maximum atomic E-state index is 11.1. The smallest absolute Gasteiger partial charge is 0.303 e. The van der Waals surface area contributed by atoms with Crippen molar-refractivity contribution in [2.75, 3.05) is 18.1 Å². The van der Waals surface area contributed by atoms with E-state index in [-0.39, 0.29) is 12.3 Å². The van der Waals surface area contributed by atoms with Crippen LogP contribution in [0.1, 0.15) is 66.7 Å². The first kappa shape index (κ1) is 27.5. The number of carbonyl (C=O) groups is 1. The van der Waals surface area contributed by atoms with Gasteiger partial charge < -0.3 is 19.2 Å². The number of aryl methyl sites for hydroxylation is 2. The number of ether oxygens (including phenoxy) is 1. The molecule has 0 saturated carbocycles. The highest BCUT2D eigenvalue weighted by molar-refractivity contribution is 5.68. The molecule has 0 spiro atoms. The molecule has 1 aliphatic carbocycles. The van der Waals surface area contributed by atoms with E-state index in [1.165, 1.54) is 11.1 Å². The van der Waals surface area contributed by atoms with Crippen LogP contribution in [0.15, 0.2) is 77.2 Å². The van der Waals surface area contributed by atoms with E-state index in [0.717, 1.165) is 72.8 Å². The van der Waals surface area contributed by atoms with Crippen LogP contribution >= 0.6 is 0 Å². The van der Waals surface area contributed by atoms with Gasteiger partial charge in [0.05, 0.1) is 18.7 Å². The summed E-state index contributed by atoms with van der Waals surface area (Å²) in [4.78, 5) is 18.4. The van der Waals surface area contributed by atoms with Gasteiger partial charge in [0.25, 0.3) is 0 Å². The molecule has 1 atom stereocenters. The number of hydrogen-bond acceptors (Lipinski definition) is 5. The van der Waals surface area contributed by atoms with Crippen molar-refractivity contribution in [1.29, 1.82) is 0 Å². The lowest BCUT2D eigenvalue weighted by Gasteiger charge is -2.25. The van der Waals surface area contributed by atoms with Gasteiger partial charge in [-0.15, -0.1) is 0 Å². The third-order valence-corrected chi connectivity index (χ3v) is 7.69. The van der Waals surface area contributed by atoms with E-state index in [1.54, 1.807) is 0 Å². The highest BCUT2D eigenvalue weighted by Gasteiger charge is 2.25. The van der Waals surface area contributed by atoms with E-state index in [1.807, 2.05) is 19.1 Å². The number of carboxylic acids is 1. The number of fused-ring (bicyclic) bond motifs is 1. The number of hydrogen-bond donors (Lipinski definition) is 1. The summed E-state index contributed by atoms with van der Waals surface area (Å²) in [6.07, 6.45) is 4.89. The van der Waals surface area contributed by atoms with E-state index in [4.69, 9.17) is 19.2 Å². The summed E-state index contributed by atoms with van der Waals surface area (Å²) >= 11 is 0. The van der Waals surface area contributed by atoms with Crippen LogP contribution in [-0.4, -0.2) is 29.2 Å². The molecule has 40 heavy (non-hydrogen) atoms. The summed E-state index contributed by atoms with van der Waals surface area (Å²) in [7, 11) is 0. The highest BCUT2D eigenvalue weighted by Crippen LogP contribution is 2.37. The molecular weight excluding hydrogens is 500 g/mol. The average molecular weight is 539 g/mol. The molecule has 0 bridgehead atoms. The van der Waals surface area contributed by atoms with Crippen molar-refractivity contribution in [3.63, 3.8) is 0 Å². The number of rotatable bonds is 13. The molecule has 0 fully saturated rings. The molecule has 4 aromatic rings. The van der Waals surface area contributed by atoms with E-state index >= 15 is 0 Å². The van der Waals surface area contributed by atoms with Crippen LogP contribution in [0.25, 0.3) is 11.5 Å². The molecule has 1 aliphatic rings. The SMILES string of the molecule is CCCCN(Cc1ccccc1)c1cccc(-c2nc(CCOc3ccc4c(c3)CC[C@H]4CC(=O)O)c(C)o2)c1. The fourth-order valence-corrected chi connectivity index (χ4v) is 5.53. The van der Waals surface area contributed by atoms with Crippen molar-refractivity contribution < 1.29 is 19.1 Å². The number of aliphatic carboxylic acids is 1. The van der Waals surface area contributed by atoms with Crippen LogP contribution in [0, 0.1) is 6.92 Å². The lowest BCUT2D eigenvalue weighted by atomic mass is 9.98. The summed E-state index contributed by atoms with van der Waals surface area (Å²) in [5.74, 6) is 1.61. The van der Waals surface area contributed by atoms with Crippen LogP contribution in [0.5, 0.6) is 5.75 Å². The Morgan fingerprint density at radius 2 is 1.95 bits per heavy atom. The van der Waals surface area contributed by atoms with E-state index in [2.05, 4.69) is 72.5 Å². The Balaban J connectivity index is 1.24. The third-order valence-electron chi connectivity index (χ3n) is 7.69. The Hall–Kier alpha value is -4.06. The maximum absolute atomic E-state index is 11.1. The largest absolute Gasteiger partial charge is 0.493 e. The number of anilines is 1. The molecule has 208 valence electrons. The van der Waals surface area contributed by atoms with Gasteiger partial charge in [-0.05, 0) is 79.1 Å². The lowest BCUT2D eigenvalue weighted by molar-refractivity contribution is -0.137. The van der Waals surface area contributed by atoms with E-state index in [9.17, 15) is 4.79 Å². The van der Waals surface area contributed by atoms with Crippen molar-refractivity contribution in [2.24, 2.45) is 0 Å². The molecule has 0 aliphatic heterocycles. The second-order valence-corrected chi connectivity index (χ2v) is 10.6. The highest BCUT2D eigenvalue weighted by atomic mass is 16.5. The summed E-state index contributed by atoms with van der Waals surface area (Å²) in [5.41, 5.74) is 6.67. The molecule has 1 heterocycles. The van der Waals surface area contributed by atoms with Gasteiger partial charge in [-0.2, -0.15) is 0 Å². The number of carboxylic acid groups (broad SMARTS) is 1. The lowest BCUT2D eigenvalue weighted by Crippen LogP contribution is -2.23. The molecule has 1 N–H and O–H groups in total. The Bertz CT molecular complexity index is 1430. The summed E-state index contributed by atoms with van der Waals surface area (Å²) in [6, 6.07) is 25.1. The number of oxazole rings is 1. The zero-order valence-electron chi connectivity index (χ0n) is 23.4. The fraction of sp³-hybridized carbons (Fsp3) is 0.353. The minimum Gasteiger partial charge on any atom is -0.493 e. The van der Waals surface area contributed by atoms with E-state index in [0.29, 0.717) is 18.9 Å². The monoisotopic (exact) mass is 538 g/mol. The van der Waals surface area contributed by atoms with Gasteiger partial charge in [-0.25, -0.2) is 4.98 Å². The maximum Gasteiger partial charge on any atom is 0.303 e. The van der Waals surface area contributed by atoms with Crippen LogP contribution in [0.2, 0.25) is 0 Å². The quantitative estimate of drug-likeness (QED) is 0.189. The van der Waals surface area contributed by atoms with Gasteiger partial charge in [0, 0.05) is 30.8 Å². The standard InChI is InChI=1S/C34H38N2O4/c1-3-4-18-36(23-25-9-6-5-7-10-25)29-12-8-11-28(20-29)34-35-32(24(2)40-34)17-19-39-30-15-16-31-26(21-30)13-14-27(31)22-33(37)38/h5-12,15-16,20-21,27H,3-4,13-14,17-19,22-23H2,1-2H3,(H,37,38)/t27-/m0/s1. The zero-order chi connectivity index (χ0) is 27.9. The van der Waals surface area contributed by atoms with Crippen LogP contribution in [0.3, 0.4) is 0 Å². The molecule has 0 unspecified atom stereocenters. The normalized spacial score (nSPS) is 14.2. The zero-order valence-corrected chi connectivity index (χ0v) is 23.4. The summed E-state index contributed by atoms with van der Waals surface area (Å²) in [5, 5.41) is 9.16. The molecule has 1 aromatic heterocycles. The molecule has 0 saturated heterocycles. The minimum absolute atomic E-state index is 0.105. The number of nitrogens with zero attached hydrogens (tertiary/aromatic N) is 2. The fourth-order valence-electron chi connectivity index (χ4n) is 5.53. The third kappa shape index (κ3) is 6.74. The number of unbranched alkanes of at least 4 members (excludes halogenated alkanes) is 1. The van der Waals surface area contributed by atoms with Crippen molar-refractivity contribution in [2.45, 2.75) is 64.8 Å². The molecule has 6 nitrogen and oxygen atoms in total. The Morgan fingerprint density at radius 1 is 1.10 bits per heavy atom. The first-order valence-corrected chi connectivity index (χ1v) is 14.3. The second-order valence-electron chi connectivity index (χ2n) is 10.6.